The third-order valence-corrected chi connectivity index (χ3v) is 4.75. The Morgan fingerprint density at radius 1 is 1.27 bits per heavy atom. The van der Waals surface area contributed by atoms with Crippen molar-refractivity contribution >= 4 is 35.6 Å². The van der Waals surface area contributed by atoms with Crippen LogP contribution in [-0.2, 0) is 6.54 Å². The van der Waals surface area contributed by atoms with Crippen molar-refractivity contribution in [1.82, 2.24) is 15.6 Å². The minimum atomic E-state index is -0.538. The van der Waals surface area contributed by atoms with Gasteiger partial charge in [0.15, 0.2) is 5.96 Å². The highest BCUT2D eigenvalue weighted by molar-refractivity contribution is 14.0. The van der Waals surface area contributed by atoms with E-state index in [0.29, 0.717) is 38.1 Å². The smallest absolute Gasteiger partial charge is 0.218 e. The van der Waals surface area contributed by atoms with E-state index in [1.54, 1.807) is 18.1 Å². The minimum Gasteiger partial charge on any atom is -0.477 e. The van der Waals surface area contributed by atoms with Crippen LogP contribution in [0.4, 0.5) is 14.5 Å². The first-order chi connectivity index (χ1) is 14.1. The van der Waals surface area contributed by atoms with E-state index in [1.165, 1.54) is 18.2 Å². The lowest BCUT2D eigenvalue weighted by Crippen LogP contribution is -2.44. The van der Waals surface area contributed by atoms with Crippen molar-refractivity contribution in [3.63, 3.8) is 0 Å². The molecule has 2 heterocycles. The van der Waals surface area contributed by atoms with Gasteiger partial charge in [0.1, 0.15) is 17.3 Å². The van der Waals surface area contributed by atoms with E-state index >= 15 is 0 Å². The van der Waals surface area contributed by atoms with Crippen LogP contribution in [0.25, 0.3) is 0 Å². The maximum absolute atomic E-state index is 14.0. The molecule has 0 bridgehead atoms. The van der Waals surface area contributed by atoms with Gasteiger partial charge in [-0.3, -0.25) is 4.99 Å². The highest BCUT2D eigenvalue weighted by Gasteiger charge is 2.27. The van der Waals surface area contributed by atoms with Gasteiger partial charge in [-0.1, -0.05) is 19.1 Å². The predicted molar refractivity (Wildman–Crippen MR) is 126 cm³/mol. The summed E-state index contributed by atoms with van der Waals surface area (Å²) in [5.74, 6) is 0.157. The molecule has 164 valence electrons. The second-order valence-electron chi connectivity index (χ2n) is 6.89. The number of hydrogen-bond acceptors (Lipinski definition) is 4. The number of aliphatic imine (C=N–C) groups is 1. The van der Waals surface area contributed by atoms with Crippen LogP contribution in [0.1, 0.15) is 25.3 Å². The zero-order valence-electron chi connectivity index (χ0n) is 17.2. The number of nitrogens with one attached hydrogen (secondary N) is 2. The molecule has 30 heavy (non-hydrogen) atoms. The van der Waals surface area contributed by atoms with E-state index in [2.05, 4.69) is 20.6 Å². The number of guanidine groups is 1. The molecule has 1 saturated heterocycles. The first-order valence-electron chi connectivity index (χ1n) is 9.85. The van der Waals surface area contributed by atoms with Gasteiger partial charge in [0.25, 0.3) is 0 Å². The molecule has 2 aromatic rings. The van der Waals surface area contributed by atoms with Gasteiger partial charge >= 0.3 is 0 Å². The summed E-state index contributed by atoms with van der Waals surface area (Å²) in [6, 6.07) is 7.80. The molecular weight excluding hydrogens is 503 g/mol. The molecular formula is C21H28F2IN5O. The molecule has 0 amide bonds. The molecule has 1 aliphatic rings. The van der Waals surface area contributed by atoms with E-state index in [0.717, 1.165) is 18.4 Å². The number of benzene rings is 1. The van der Waals surface area contributed by atoms with Crippen molar-refractivity contribution in [3.8, 4) is 5.88 Å². The van der Waals surface area contributed by atoms with Gasteiger partial charge in [-0.2, -0.15) is 0 Å². The monoisotopic (exact) mass is 531 g/mol. The summed E-state index contributed by atoms with van der Waals surface area (Å²) < 4.78 is 33.8. The average Bonchev–Trinajstić information content (AvgIpc) is 3.18. The van der Waals surface area contributed by atoms with Gasteiger partial charge < -0.3 is 20.3 Å². The first-order valence-corrected chi connectivity index (χ1v) is 9.85. The number of nitrogens with zero attached hydrogens (tertiary/aromatic N) is 3. The van der Waals surface area contributed by atoms with Crippen LogP contribution < -0.4 is 20.3 Å². The number of rotatable bonds is 7. The summed E-state index contributed by atoms with van der Waals surface area (Å²) in [6.07, 6.45) is 3.37. The first kappa shape index (κ1) is 24.1. The third-order valence-electron chi connectivity index (χ3n) is 4.75. The van der Waals surface area contributed by atoms with E-state index in [4.69, 9.17) is 4.74 Å². The lowest BCUT2D eigenvalue weighted by Gasteiger charge is -2.21. The Bertz CT molecular complexity index is 832. The van der Waals surface area contributed by atoms with Crippen molar-refractivity contribution in [2.24, 2.45) is 4.99 Å². The molecule has 6 nitrogen and oxygen atoms in total. The molecule has 3 rings (SSSR count). The Hall–Kier alpha value is -2.17. The number of ether oxygens (including phenoxy) is 1. The summed E-state index contributed by atoms with van der Waals surface area (Å²) in [4.78, 5) is 10.3. The molecule has 1 fully saturated rings. The Morgan fingerprint density at radius 2 is 2.03 bits per heavy atom. The van der Waals surface area contributed by atoms with Crippen molar-refractivity contribution in [2.45, 2.75) is 32.4 Å². The fourth-order valence-corrected chi connectivity index (χ4v) is 3.33. The van der Waals surface area contributed by atoms with Gasteiger partial charge in [-0.15, -0.1) is 24.0 Å². The number of para-hydroxylation sites is 1. The Morgan fingerprint density at radius 3 is 2.73 bits per heavy atom. The second-order valence-corrected chi connectivity index (χ2v) is 6.89. The molecule has 1 aromatic heterocycles. The molecule has 9 heteroatoms. The molecule has 1 atom stereocenters. The fourth-order valence-electron chi connectivity index (χ4n) is 3.33. The summed E-state index contributed by atoms with van der Waals surface area (Å²) in [5, 5.41) is 6.59. The molecule has 0 aliphatic carbocycles. The van der Waals surface area contributed by atoms with Gasteiger partial charge in [0.05, 0.1) is 6.61 Å². The predicted octanol–water partition coefficient (Wildman–Crippen LogP) is 3.71. The highest BCUT2D eigenvalue weighted by Crippen LogP contribution is 2.26. The fraction of sp³-hybridized carbons (Fsp3) is 0.429. The van der Waals surface area contributed by atoms with E-state index in [-0.39, 0.29) is 35.7 Å². The Labute approximate surface area is 193 Å². The topological polar surface area (TPSA) is 61.8 Å². The molecule has 1 aromatic carbocycles. The maximum atomic E-state index is 14.0. The van der Waals surface area contributed by atoms with Crippen LogP contribution in [0, 0.1) is 11.6 Å². The summed E-state index contributed by atoms with van der Waals surface area (Å²) in [5.41, 5.74) is 0.971. The van der Waals surface area contributed by atoms with Crippen molar-refractivity contribution in [3.05, 3.63) is 53.7 Å². The van der Waals surface area contributed by atoms with Gasteiger partial charge in [-0.05, 0) is 31.0 Å². The molecule has 1 aliphatic heterocycles. The summed E-state index contributed by atoms with van der Waals surface area (Å²) in [6.45, 7) is 4.23. The summed E-state index contributed by atoms with van der Waals surface area (Å²) in [7, 11) is 1.69. The minimum absolute atomic E-state index is 0. The van der Waals surface area contributed by atoms with Crippen molar-refractivity contribution in [2.75, 3.05) is 31.6 Å². The maximum Gasteiger partial charge on any atom is 0.218 e. The number of pyridine rings is 1. The van der Waals surface area contributed by atoms with Crippen molar-refractivity contribution in [1.29, 1.82) is 0 Å². The van der Waals surface area contributed by atoms with Crippen LogP contribution in [0.15, 0.2) is 41.5 Å². The van der Waals surface area contributed by atoms with Crippen LogP contribution >= 0.6 is 24.0 Å². The van der Waals surface area contributed by atoms with Gasteiger partial charge in [-0.25, -0.2) is 13.8 Å². The summed E-state index contributed by atoms with van der Waals surface area (Å²) >= 11 is 0. The number of halogens is 3. The number of hydrogen-bond donors (Lipinski definition) is 2. The van der Waals surface area contributed by atoms with Crippen LogP contribution in [-0.4, -0.2) is 43.7 Å². The van der Waals surface area contributed by atoms with Crippen LogP contribution in [0.5, 0.6) is 5.88 Å². The SMILES string of the molecule is CCCOc1ncccc1CNC(=NC)NC1CCN(c2c(F)cccc2F)C1.I. The zero-order valence-corrected chi connectivity index (χ0v) is 19.5. The van der Waals surface area contributed by atoms with Crippen molar-refractivity contribution < 1.29 is 13.5 Å². The largest absolute Gasteiger partial charge is 0.477 e. The molecule has 2 N–H and O–H groups in total. The van der Waals surface area contributed by atoms with Crippen LogP contribution in [0.2, 0.25) is 0 Å². The van der Waals surface area contributed by atoms with E-state index in [1.807, 2.05) is 19.1 Å². The second kappa shape index (κ2) is 11.9. The quantitative estimate of drug-likeness (QED) is 0.324. The molecule has 1 unspecified atom stereocenters. The average molecular weight is 531 g/mol. The van der Waals surface area contributed by atoms with E-state index < -0.39 is 11.6 Å². The Kier molecular flexibility index (Phi) is 9.54. The number of anilines is 1. The molecule has 0 spiro atoms. The van der Waals surface area contributed by atoms with Gasteiger partial charge in [0.2, 0.25) is 5.88 Å². The lowest BCUT2D eigenvalue weighted by molar-refractivity contribution is 0.301. The Balaban J connectivity index is 0.00000320. The standard InChI is InChI=1S/C21H27F2N5O.HI/c1-3-12-29-20-15(6-5-10-25-20)13-26-21(24-2)27-16-9-11-28(14-16)19-17(22)7-4-8-18(19)23;/h4-8,10,16H,3,9,11-14H2,1-2H3,(H2,24,26,27);1H. The highest BCUT2D eigenvalue weighted by atomic mass is 127. The van der Waals surface area contributed by atoms with Crippen LogP contribution in [0.3, 0.4) is 0 Å². The molecule has 0 saturated carbocycles. The zero-order chi connectivity index (χ0) is 20.6. The molecule has 0 radical (unpaired) electrons. The normalized spacial score (nSPS) is 16.2. The van der Waals surface area contributed by atoms with E-state index in [9.17, 15) is 8.78 Å². The number of aromatic nitrogens is 1. The third kappa shape index (κ3) is 6.16. The van der Waals surface area contributed by atoms with Gasteiger partial charge in [0, 0.05) is 44.5 Å². The lowest BCUT2D eigenvalue weighted by atomic mass is 10.2.